The van der Waals surface area contributed by atoms with Gasteiger partial charge in [-0.05, 0) is 31.4 Å². The van der Waals surface area contributed by atoms with Gasteiger partial charge in [-0.25, -0.2) is 8.78 Å². The van der Waals surface area contributed by atoms with Crippen molar-refractivity contribution in [3.8, 4) is 0 Å². The average molecular weight is 285 g/mol. The summed E-state index contributed by atoms with van der Waals surface area (Å²) in [7, 11) is 1.71. The Morgan fingerprint density at radius 3 is 2.40 bits per heavy atom. The lowest BCUT2D eigenvalue weighted by Crippen LogP contribution is -2.48. The first-order chi connectivity index (χ1) is 9.33. The minimum absolute atomic E-state index is 0.149. The van der Waals surface area contributed by atoms with Crippen molar-refractivity contribution in [2.24, 2.45) is 0 Å². The maximum Gasteiger partial charge on any atom is 0.185 e. The normalized spacial score (nSPS) is 15.4. The number of nitrogens with zero attached hydrogens (tertiary/aromatic N) is 2. The third-order valence-corrected chi connectivity index (χ3v) is 4.03. The summed E-state index contributed by atoms with van der Waals surface area (Å²) in [6.07, 6.45) is 1.08. The number of rotatable bonds is 4. The van der Waals surface area contributed by atoms with Gasteiger partial charge in [0.25, 0.3) is 0 Å². The number of hydrogen-bond acceptors (Lipinski definition) is 4. The summed E-state index contributed by atoms with van der Waals surface area (Å²) in [5.74, 6) is -1.73. The Kier molecular flexibility index (Phi) is 3.88. The first kappa shape index (κ1) is 15.0. The summed E-state index contributed by atoms with van der Waals surface area (Å²) < 4.78 is 28.0. The number of fused-ring (bicyclic) bond motifs is 1. The van der Waals surface area contributed by atoms with Crippen molar-refractivity contribution in [2.75, 3.05) is 24.0 Å². The third kappa shape index (κ3) is 2.33. The van der Waals surface area contributed by atoms with Gasteiger partial charge in [0.1, 0.15) is 5.69 Å². The Bertz CT molecular complexity index is 518. The van der Waals surface area contributed by atoms with Crippen molar-refractivity contribution in [3.05, 3.63) is 23.3 Å². The molecule has 1 aromatic carbocycles. The van der Waals surface area contributed by atoms with Crippen LogP contribution in [0.1, 0.15) is 32.3 Å². The van der Waals surface area contributed by atoms with Gasteiger partial charge in [0.15, 0.2) is 11.6 Å². The highest BCUT2D eigenvalue weighted by atomic mass is 19.2. The van der Waals surface area contributed by atoms with Crippen molar-refractivity contribution in [1.29, 1.82) is 0 Å². The van der Waals surface area contributed by atoms with E-state index in [0.717, 1.165) is 0 Å². The molecule has 1 aliphatic rings. The van der Waals surface area contributed by atoms with Gasteiger partial charge >= 0.3 is 0 Å². The molecule has 112 valence electrons. The van der Waals surface area contributed by atoms with Crippen LogP contribution < -0.4 is 10.4 Å². The minimum atomic E-state index is -0.939. The zero-order chi connectivity index (χ0) is 15.1. The first-order valence-corrected chi connectivity index (χ1v) is 6.81. The number of nitrogens with one attached hydrogen (secondary N) is 1. The molecule has 0 saturated heterocycles. The van der Waals surface area contributed by atoms with E-state index in [2.05, 4.69) is 5.43 Å². The van der Waals surface area contributed by atoms with Gasteiger partial charge in [0, 0.05) is 7.05 Å². The smallest absolute Gasteiger partial charge is 0.185 e. The summed E-state index contributed by atoms with van der Waals surface area (Å²) in [4.78, 5) is 0. The molecule has 0 spiro atoms. The second-order valence-corrected chi connectivity index (χ2v) is 5.34. The molecular weight excluding hydrogens is 264 g/mol. The quantitative estimate of drug-likeness (QED) is 0.892. The second-order valence-electron chi connectivity index (χ2n) is 5.34. The average Bonchev–Trinajstić information content (AvgIpc) is 2.72. The lowest BCUT2D eigenvalue weighted by Gasteiger charge is -2.34. The molecule has 1 heterocycles. The lowest BCUT2D eigenvalue weighted by atomic mass is 9.97. The number of β-amino-alcohol motifs (C(OH)–C–C–N with tert-alkyl or cyclic N) is 1. The van der Waals surface area contributed by atoms with Crippen LogP contribution in [0.4, 0.5) is 20.2 Å². The van der Waals surface area contributed by atoms with E-state index < -0.39 is 17.2 Å². The number of anilines is 2. The van der Waals surface area contributed by atoms with Crippen LogP contribution in [0.3, 0.4) is 0 Å². The molecule has 20 heavy (non-hydrogen) atoms. The van der Waals surface area contributed by atoms with E-state index in [1.165, 1.54) is 6.92 Å². The van der Waals surface area contributed by atoms with Crippen LogP contribution >= 0.6 is 0 Å². The van der Waals surface area contributed by atoms with Gasteiger partial charge in [-0.1, -0.05) is 13.8 Å². The van der Waals surface area contributed by atoms with Crippen LogP contribution in [-0.4, -0.2) is 29.4 Å². The van der Waals surface area contributed by atoms with Crippen LogP contribution in [-0.2, 0) is 0 Å². The first-order valence-electron chi connectivity index (χ1n) is 6.81. The van der Waals surface area contributed by atoms with Crippen molar-refractivity contribution < 1.29 is 13.9 Å². The second kappa shape index (κ2) is 5.18. The number of aliphatic hydroxyl groups is 1. The summed E-state index contributed by atoms with van der Waals surface area (Å²) in [6, 6.07) is 1.57. The number of hydrogen-bond donors (Lipinski definition) is 2. The highest BCUT2D eigenvalue weighted by Crippen LogP contribution is 2.39. The zero-order valence-electron chi connectivity index (χ0n) is 12.3. The fourth-order valence-electron chi connectivity index (χ4n) is 2.40. The Morgan fingerprint density at radius 1 is 1.25 bits per heavy atom. The van der Waals surface area contributed by atoms with Crippen molar-refractivity contribution in [3.63, 3.8) is 0 Å². The van der Waals surface area contributed by atoms with E-state index in [4.69, 9.17) is 0 Å². The van der Waals surface area contributed by atoms with Gasteiger partial charge in [-0.15, -0.1) is 5.12 Å². The number of aryl methyl sites for hydroxylation is 1. The monoisotopic (exact) mass is 285 g/mol. The molecule has 2 N–H and O–H groups in total. The number of hydrazine groups is 2. The fourth-order valence-corrected chi connectivity index (χ4v) is 2.40. The van der Waals surface area contributed by atoms with Crippen molar-refractivity contribution >= 4 is 11.4 Å². The van der Waals surface area contributed by atoms with Crippen LogP contribution in [0.2, 0.25) is 0 Å². The Hall–Kier alpha value is -1.40. The summed E-state index contributed by atoms with van der Waals surface area (Å²) in [5, 5.41) is 13.5. The topological polar surface area (TPSA) is 38.7 Å². The number of halogens is 2. The molecule has 0 atom stereocenters. The Balaban J connectivity index is 2.42. The maximum absolute atomic E-state index is 14.2. The molecule has 0 amide bonds. The van der Waals surface area contributed by atoms with E-state index in [-0.39, 0.29) is 17.8 Å². The Morgan fingerprint density at radius 2 is 1.85 bits per heavy atom. The zero-order valence-corrected chi connectivity index (χ0v) is 12.3. The molecule has 6 heteroatoms. The highest BCUT2D eigenvalue weighted by Gasteiger charge is 2.35. The van der Waals surface area contributed by atoms with Gasteiger partial charge < -0.3 is 5.11 Å². The molecule has 0 radical (unpaired) electrons. The fraction of sp³-hybridized carbons (Fsp3) is 0.571. The molecule has 0 fully saturated rings. The molecule has 1 aromatic rings. The van der Waals surface area contributed by atoms with Crippen LogP contribution in [0.25, 0.3) is 0 Å². The molecule has 4 nitrogen and oxygen atoms in total. The molecule has 2 rings (SSSR count). The van der Waals surface area contributed by atoms with Gasteiger partial charge in [-0.2, -0.15) is 0 Å². The molecular formula is C14H21F2N3O. The van der Waals surface area contributed by atoms with Crippen molar-refractivity contribution in [2.45, 2.75) is 39.2 Å². The van der Waals surface area contributed by atoms with E-state index in [1.54, 1.807) is 23.2 Å². The predicted molar refractivity (Wildman–Crippen MR) is 75.4 cm³/mol. The number of benzene rings is 1. The predicted octanol–water partition coefficient (Wildman–Crippen LogP) is 2.82. The van der Waals surface area contributed by atoms with Crippen LogP contribution in [0.15, 0.2) is 6.07 Å². The lowest BCUT2D eigenvalue weighted by molar-refractivity contribution is 0.0308. The van der Waals surface area contributed by atoms with Crippen LogP contribution in [0, 0.1) is 18.6 Å². The van der Waals surface area contributed by atoms with E-state index in [9.17, 15) is 13.9 Å². The van der Waals surface area contributed by atoms with Gasteiger partial charge in [0.2, 0.25) is 0 Å². The summed E-state index contributed by atoms with van der Waals surface area (Å²) >= 11 is 0. The van der Waals surface area contributed by atoms with Crippen LogP contribution in [0.5, 0.6) is 0 Å². The molecule has 0 aliphatic carbocycles. The molecule has 0 saturated carbocycles. The molecule has 0 aromatic heterocycles. The summed E-state index contributed by atoms with van der Waals surface area (Å²) in [6.45, 7) is 5.48. The minimum Gasteiger partial charge on any atom is -0.388 e. The third-order valence-electron chi connectivity index (χ3n) is 4.03. The van der Waals surface area contributed by atoms with Crippen molar-refractivity contribution in [1.82, 2.24) is 5.12 Å². The van der Waals surface area contributed by atoms with E-state index in [1.807, 2.05) is 13.8 Å². The van der Waals surface area contributed by atoms with E-state index in [0.29, 0.717) is 18.5 Å². The summed E-state index contributed by atoms with van der Waals surface area (Å²) in [5.41, 5.74) is 2.95. The molecule has 0 unspecified atom stereocenters. The van der Waals surface area contributed by atoms with Gasteiger partial charge in [0.05, 0.1) is 17.8 Å². The van der Waals surface area contributed by atoms with E-state index >= 15 is 0 Å². The maximum atomic E-state index is 14.2. The highest BCUT2D eigenvalue weighted by molar-refractivity contribution is 5.74. The molecule has 1 aliphatic heterocycles. The largest absolute Gasteiger partial charge is 0.388 e. The molecule has 0 bridgehead atoms. The van der Waals surface area contributed by atoms with Gasteiger partial charge in [-0.3, -0.25) is 10.4 Å². The SMILES string of the molecule is CCC(O)(CC)CN1c2c(cc(C)c(F)c2F)NN1C. The standard InChI is InChI=1S/C14H21F2N3O/c1-5-14(20,6-2)8-19-13-10(17-18(19)4)7-9(3)11(15)12(13)16/h7,17,20H,5-6,8H2,1-4H3. The Labute approximate surface area is 117 Å².